The van der Waals surface area contributed by atoms with Crippen LogP contribution in [0.15, 0.2) is 17.4 Å². The average Bonchev–Trinajstić information content (AvgIpc) is 2.25. The van der Waals surface area contributed by atoms with Crippen molar-refractivity contribution in [1.82, 2.24) is 10.4 Å². The molecule has 4 N–H and O–H groups in total. The molecule has 0 unspecified atom stereocenters. The fourth-order valence-corrected chi connectivity index (χ4v) is 1.06. The van der Waals surface area contributed by atoms with Gasteiger partial charge in [0, 0.05) is 13.2 Å². The van der Waals surface area contributed by atoms with E-state index in [4.69, 9.17) is 15.9 Å². The van der Waals surface area contributed by atoms with Crippen LogP contribution in [-0.2, 0) is 0 Å². The summed E-state index contributed by atoms with van der Waals surface area (Å²) in [4.78, 5) is 4.01. The molecule has 1 aromatic rings. The molecule has 0 aliphatic heterocycles. The molecule has 0 aromatic carbocycles. The number of pyridine rings is 1. The Morgan fingerprint density at radius 3 is 3.07 bits per heavy atom. The second kappa shape index (κ2) is 4.94. The van der Waals surface area contributed by atoms with Crippen molar-refractivity contribution in [3.8, 4) is 5.75 Å². The number of nitrogen functional groups attached to an aromatic ring is 1. The molecule has 6 heteroatoms. The molecule has 6 nitrogen and oxygen atoms in total. The van der Waals surface area contributed by atoms with Gasteiger partial charge in [0.25, 0.3) is 0 Å². The largest absolute Gasteiger partial charge is 0.492 e. The molecule has 0 bridgehead atoms. The van der Waals surface area contributed by atoms with E-state index >= 15 is 0 Å². The highest BCUT2D eigenvalue weighted by molar-refractivity contribution is 6.37. The van der Waals surface area contributed by atoms with Crippen molar-refractivity contribution in [2.24, 2.45) is 5.10 Å². The van der Waals surface area contributed by atoms with Gasteiger partial charge in [-0.1, -0.05) is 0 Å². The number of nitrogens with zero attached hydrogens (tertiary/aromatic N) is 2. The number of nitrogens with two attached hydrogens (primary N) is 1. The first-order valence-electron chi connectivity index (χ1n) is 4.28. The molecule has 0 aliphatic rings. The Hall–Kier alpha value is -2.11. The van der Waals surface area contributed by atoms with Crippen LogP contribution >= 0.6 is 0 Å². The molecule has 15 heavy (non-hydrogen) atoms. The number of hydrazone groups is 1. The van der Waals surface area contributed by atoms with Gasteiger partial charge in [0.2, 0.25) is 0 Å². The first kappa shape index (κ1) is 11.0. The molecule has 0 saturated heterocycles. The third kappa shape index (κ3) is 2.43. The van der Waals surface area contributed by atoms with Gasteiger partial charge in [-0.2, -0.15) is 5.10 Å². The van der Waals surface area contributed by atoms with E-state index in [1.807, 2.05) is 0 Å². The summed E-state index contributed by atoms with van der Waals surface area (Å²) in [5, 5.41) is 11.4. The van der Waals surface area contributed by atoms with E-state index < -0.39 is 0 Å². The molecule has 1 aromatic heterocycles. The summed E-state index contributed by atoms with van der Waals surface area (Å²) in [6, 6.07) is 1.62. The lowest BCUT2D eigenvalue weighted by molar-refractivity contribution is 0.414. The van der Waals surface area contributed by atoms with Gasteiger partial charge in [-0.15, -0.1) is 0 Å². The van der Waals surface area contributed by atoms with Crippen molar-refractivity contribution < 1.29 is 4.74 Å². The number of hydrogen-bond donors (Lipinski definition) is 3. The maximum Gasteiger partial charge on any atom is 0.169 e. The Morgan fingerprint density at radius 1 is 1.73 bits per heavy atom. The molecular formula is C9H13N5O. The van der Waals surface area contributed by atoms with Gasteiger partial charge in [0.05, 0.1) is 19.0 Å². The number of anilines is 1. The Kier molecular flexibility index (Phi) is 3.61. The molecule has 0 aliphatic carbocycles. The first-order chi connectivity index (χ1) is 7.20. The summed E-state index contributed by atoms with van der Waals surface area (Å²) in [5.74, 6) is 0.394. The molecule has 0 radical (unpaired) electrons. The third-order valence-electron chi connectivity index (χ3n) is 1.72. The maximum absolute atomic E-state index is 7.69. The molecule has 0 spiro atoms. The molecule has 1 heterocycles. The Labute approximate surface area is 87.7 Å². The molecule has 0 atom stereocenters. The van der Waals surface area contributed by atoms with Gasteiger partial charge in [0.15, 0.2) is 5.75 Å². The van der Waals surface area contributed by atoms with Gasteiger partial charge in [-0.3, -0.25) is 10.4 Å². The number of hydrogen-bond acceptors (Lipinski definition) is 6. The Balaban J connectivity index is 3.08. The predicted molar refractivity (Wildman–Crippen MR) is 59.6 cm³/mol. The van der Waals surface area contributed by atoms with Gasteiger partial charge in [-0.05, 0) is 6.07 Å². The predicted octanol–water partition coefficient (Wildman–Crippen LogP) is 0.245. The topological polar surface area (TPSA) is 96.4 Å². The summed E-state index contributed by atoms with van der Waals surface area (Å²) in [6.45, 7) is 0. The SMILES string of the molecule is CN/N=C\C(=N)c1nccc(N)c1OC. The minimum Gasteiger partial charge on any atom is -0.492 e. The number of aromatic nitrogens is 1. The van der Waals surface area contributed by atoms with Crippen LogP contribution in [0.4, 0.5) is 5.69 Å². The standard InChI is InChI=1S/C9H13N5O/c1-12-14-5-7(11)8-9(15-2)6(10)3-4-13-8/h3-5,11-12H,1-2H3,(H2,10,13)/b11-7?,14-5-. The van der Waals surface area contributed by atoms with Crippen LogP contribution in [0.3, 0.4) is 0 Å². The second-order valence-electron chi connectivity index (χ2n) is 2.68. The quantitative estimate of drug-likeness (QED) is 0.487. The van der Waals surface area contributed by atoms with E-state index in [1.54, 1.807) is 13.1 Å². The molecule has 1 rings (SSSR count). The van der Waals surface area contributed by atoms with Crippen molar-refractivity contribution >= 4 is 17.6 Å². The summed E-state index contributed by atoms with van der Waals surface area (Å²) >= 11 is 0. The molecule has 0 fully saturated rings. The summed E-state index contributed by atoms with van der Waals surface area (Å²) in [5.41, 5.74) is 9.18. The zero-order chi connectivity index (χ0) is 11.3. The minimum atomic E-state index is 0.133. The Morgan fingerprint density at radius 2 is 2.47 bits per heavy atom. The van der Waals surface area contributed by atoms with Crippen LogP contribution in [0.1, 0.15) is 5.69 Å². The molecule has 80 valence electrons. The van der Waals surface area contributed by atoms with Gasteiger partial charge >= 0.3 is 0 Å². The molecule has 0 saturated carbocycles. The third-order valence-corrected chi connectivity index (χ3v) is 1.72. The Bertz CT molecular complexity index is 388. The van der Waals surface area contributed by atoms with Crippen molar-refractivity contribution in [2.75, 3.05) is 19.9 Å². The van der Waals surface area contributed by atoms with Crippen LogP contribution in [0.2, 0.25) is 0 Å². The van der Waals surface area contributed by atoms with Crippen molar-refractivity contribution in [2.45, 2.75) is 0 Å². The average molecular weight is 207 g/mol. The highest BCUT2D eigenvalue weighted by atomic mass is 16.5. The van der Waals surface area contributed by atoms with E-state index in [0.29, 0.717) is 17.1 Å². The van der Waals surface area contributed by atoms with Gasteiger partial charge in [-0.25, -0.2) is 0 Å². The van der Waals surface area contributed by atoms with E-state index in [-0.39, 0.29) is 5.71 Å². The number of rotatable bonds is 4. The van der Waals surface area contributed by atoms with Crippen LogP contribution in [-0.4, -0.2) is 31.1 Å². The number of ether oxygens (including phenoxy) is 1. The first-order valence-corrected chi connectivity index (χ1v) is 4.28. The lowest BCUT2D eigenvalue weighted by Crippen LogP contribution is -2.09. The van der Waals surface area contributed by atoms with Crippen molar-refractivity contribution in [3.05, 3.63) is 18.0 Å². The highest BCUT2D eigenvalue weighted by Gasteiger charge is 2.11. The molecule has 0 amide bonds. The fraction of sp³-hybridized carbons (Fsp3) is 0.222. The normalized spacial score (nSPS) is 10.3. The monoisotopic (exact) mass is 207 g/mol. The van der Waals surface area contributed by atoms with E-state index in [1.165, 1.54) is 19.5 Å². The van der Waals surface area contributed by atoms with Crippen LogP contribution < -0.4 is 15.9 Å². The van der Waals surface area contributed by atoms with Crippen LogP contribution in [0, 0.1) is 5.41 Å². The van der Waals surface area contributed by atoms with E-state index in [2.05, 4.69) is 15.5 Å². The van der Waals surface area contributed by atoms with Gasteiger partial charge < -0.3 is 15.9 Å². The smallest absolute Gasteiger partial charge is 0.169 e. The minimum absolute atomic E-state index is 0.133. The summed E-state index contributed by atoms with van der Waals surface area (Å²) < 4.78 is 5.07. The lowest BCUT2D eigenvalue weighted by Gasteiger charge is -2.08. The van der Waals surface area contributed by atoms with Crippen LogP contribution in [0.25, 0.3) is 0 Å². The highest BCUT2D eigenvalue weighted by Crippen LogP contribution is 2.23. The second-order valence-corrected chi connectivity index (χ2v) is 2.68. The van der Waals surface area contributed by atoms with E-state index in [9.17, 15) is 0 Å². The number of nitrogens with one attached hydrogen (secondary N) is 2. The zero-order valence-corrected chi connectivity index (χ0v) is 8.61. The van der Waals surface area contributed by atoms with E-state index in [0.717, 1.165) is 0 Å². The molecular weight excluding hydrogens is 194 g/mol. The lowest BCUT2D eigenvalue weighted by atomic mass is 10.2. The van der Waals surface area contributed by atoms with Gasteiger partial charge in [0.1, 0.15) is 11.4 Å². The number of methoxy groups -OCH3 is 1. The summed E-state index contributed by atoms with van der Waals surface area (Å²) in [6.07, 6.45) is 2.86. The van der Waals surface area contributed by atoms with Crippen molar-refractivity contribution in [1.29, 1.82) is 5.41 Å². The maximum atomic E-state index is 7.69. The van der Waals surface area contributed by atoms with Crippen LogP contribution in [0.5, 0.6) is 5.75 Å². The zero-order valence-electron chi connectivity index (χ0n) is 8.61. The summed E-state index contributed by atoms with van der Waals surface area (Å²) in [7, 11) is 3.13. The van der Waals surface area contributed by atoms with Crippen molar-refractivity contribution in [3.63, 3.8) is 0 Å². The fourth-order valence-electron chi connectivity index (χ4n) is 1.06.